The maximum atomic E-state index is 11.8. The molecule has 0 bridgehead atoms. The van der Waals surface area contributed by atoms with Gasteiger partial charge in [0.1, 0.15) is 0 Å². The molecular formula is C14H14ClN3O3S. The third-order valence-corrected chi connectivity index (χ3v) is 3.95. The Morgan fingerprint density at radius 2 is 1.82 bits per heavy atom. The van der Waals surface area contributed by atoms with Crippen molar-refractivity contribution in [1.29, 1.82) is 0 Å². The lowest BCUT2D eigenvalue weighted by Crippen LogP contribution is -2.28. The zero-order chi connectivity index (χ0) is 16.2. The van der Waals surface area contributed by atoms with Crippen LogP contribution in [0.5, 0.6) is 0 Å². The highest BCUT2D eigenvalue weighted by Gasteiger charge is 2.08. The van der Waals surface area contributed by atoms with Gasteiger partial charge in [-0.25, -0.2) is 18.4 Å². The fourth-order valence-electron chi connectivity index (χ4n) is 1.73. The van der Waals surface area contributed by atoms with Gasteiger partial charge in [0.05, 0.1) is 4.90 Å². The van der Waals surface area contributed by atoms with E-state index in [-0.39, 0.29) is 4.90 Å². The molecule has 2 rings (SSSR count). The minimum absolute atomic E-state index is 0.0163. The summed E-state index contributed by atoms with van der Waals surface area (Å²) in [5.41, 5.74) is 1.32. The van der Waals surface area contributed by atoms with E-state index >= 15 is 0 Å². The van der Waals surface area contributed by atoms with Crippen LogP contribution in [-0.4, -0.2) is 14.4 Å². The molecule has 6 nitrogen and oxygen atoms in total. The normalized spacial score (nSPS) is 11.0. The second-order valence-corrected chi connectivity index (χ2v) is 6.50. The van der Waals surface area contributed by atoms with E-state index in [0.29, 0.717) is 17.3 Å². The van der Waals surface area contributed by atoms with Crippen LogP contribution in [0.15, 0.2) is 53.4 Å². The quantitative estimate of drug-likeness (QED) is 0.796. The highest BCUT2D eigenvalue weighted by molar-refractivity contribution is 7.89. The summed E-state index contributed by atoms with van der Waals surface area (Å²) >= 11 is 5.85. The second-order valence-electron chi connectivity index (χ2n) is 4.51. The molecular weight excluding hydrogens is 326 g/mol. The summed E-state index contributed by atoms with van der Waals surface area (Å²) in [5.74, 6) is 0. The van der Waals surface area contributed by atoms with Crippen molar-refractivity contribution in [2.75, 3.05) is 5.32 Å². The first-order valence-electron chi connectivity index (χ1n) is 6.27. The van der Waals surface area contributed by atoms with Gasteiger partial charge >= 0.3 is 6.03 Å². The lowest BCUT2D eigenvalue weighted by molar-refractivity contribution is 0.251. The van der Waals surface area contributed by atoms with Gasteiger partial charge in [0.15, 0.2) is 0 Å². The molecule has 0 radical (unpaired) electrons. The van der Waals surface area contributed by atoms with Crippen LogP contribution in [0.25, 0.3) is 0 Å². The maximum absolute atomic E-state index is 11.8. The van der Waals surface area contributed by atoms with Crippen LogP contribution in [0.2, 0.25) is 5.02 Å². The number of hydrogen-bond acceptors (Lipinski definition) is 3. The molecule has 0 aromatic heterocycles. The number of carbonyl (C=O) groups excluding carboxylic acids is 1. The van der Waals surface area contributed by atoms with Crippen molar-refractivity contribution in [3.63, 3.8) is 0 Å². The van der Waals surface area contributed by atoms with Crippen LogP contribution in [0.1, 0.15) is 5.56 Å². The Morgan fingerprint density at radius 3 is 2.41 bits per heavy atom. The van der Waals surface area contributed by atoms with E-state index < -0.39 is 16.1 Å². The van der Waals surface area contributed by atoms with Gasteiger partial charge in [-0.15, -0.1) is 0 Å². The number of nitrogens with one attached hydrogen (secondary N) is 2. The van der Waals surface area contributed by atoms with Gasteiger partial charge < -0.3 is 10.6 Å². The van der Waals surface area contributed by atoms with E-state index in [9.17, 15) is 13.2 Å². The molecule has 0 saturated carbocycles. The van der Waals surface area contributed by atoms with Crippen molar-refractivity contribution < 1.29 is 13.2 Å². The number of sulfonamides is 1. The van der Waals surface area contributed by atoms with Gasteiger partial charge in [0.2, 0.25) is 10.0 Å². The van der Waals surface area contributed by atoms with Crippen molar-refractivity contribution in [2.45, 2.75) is 11.4 Å². The smallest absolute Gasteiger partial charge is 0.319 e. The molecule has 0 spiro atoms. The topological polar surface area (TPSA) is 101 Å². The molecule has 0 heterocycles. The minimum Gasteiger partial charge on any atom is -0.334 e. The number of urea groups is 1. The van der Waals surface area contributed by atoms with Crippen LogP contribution in [-0.2, 0) is 16.6 Å². The lowest BCUT2D eigenvalue weighted by atomic mass is 10.2. The molecule has 8 heteroatoms. The SMILES string of the molecule is NS(=O)(=O)c1ccc(NC(=O)NCc2cccc(Cl)c2)cc1. The zero-order valence-corrected chi connectivity index (χ0v) is 13.0. The molecule has 22 heavy (non-hydrogen) atoms. The van der Waals surface area contributed by atoms with Gasteiger partial charge in [-0.3, -0.25) is 0 Å². The average Bonchev–Trinajstić information content (AvgIpc) is 2.45. The van der Waals surface area contributed by atoms with E-state index in [0.717, 1.165) is 5.56 Å². The van der Waals surface area contributed by atoms with Crippen LogP contribution >= 0.6 is 11.6 Å². The summed E-state index contributed by atoms with van der Waals surface area (Å²) in [6.07, 6.45) is 0. The van der Waals surface area contributed by atoms with Crippen molar-refractivity contribution in [2.24, 2.45) is 5.14 Å². The Balaban J connectivity index is 1.92. The number of carbonyl (C=O) groups is 1. The second kappa shape index (κ2) is 6.78. The largest absolute Gasteiger partial charge is 0.334 e. The van der Waals surface area contributed by atoms with Crippen LogP contribution < -0.4 is 15.8 Å². The van der Waals surface area contributed by atoms with Crippen molar-refractivity contribution in [3.8, 4) is 0 Å². The molecule has 0 aliphatic rings. The summed E-state index contributed by atoms with van der Waals surface area (Å²) in [5, 5.41) is 10.8. The summed E-state index contributed by atoms with van der Waals surface area (Å²) in [7, 11) is -3.74. The standard InChI is InChI=1S/C14H14ClN3O3S/c15-11-3-1-2-10(8-11)9-17-14(19)18-12-4-6-13(7-5-12)22(16,20)21/h1-8H,9H2,(H2,16,20,21)(H2,17,18,19). The number of nitrogens with two attached hydrogens (primary N) is 1. The highest BCUT2D eigenvalue weighted by atomic mass is 35.5. The Bertz CT molecular complexity index is 776. The first-order valence-corrected chi connectivity index (χ1v) is 8.19. The van der Waals surface area contributed by atoms with Gasteiger partial charge in [0, 0.05) is 17.3 Å². The first kappa shape index (κ1) is 16.3. The van der Waals surface area contributed by atoms with Gasteiger partial charge in [-0.1, -0.05) is 23.7 Å². The molecule has 0 aliphatic heterocycles. The third-order valence-electron chi connectivity index (χ3n) is 2.78. The monoisotopic (exact) mass is 339 g/mol. The molecule has 0 saturated heterocycles. The Labute approximate surface area is 133 Å². The van der Waals surface area contributed by atoms with Crippen molar-refractivity contribution in [1.82, 2.24) is 5.32 Å². The summed E-state index contributed by atoms with van der Waals surface area (Å²) < 4.78 is 22.2. The molecule has 2 aromatic carbocycles. The lowest BCUT2D eigenvalue weighted by Gasteiger charge is -2.08. The Morgan fingerprint density at radius 1 is 1.14 bits per heavy atom. The summed E-state index contributed by atoms with van der Waals surface area (Å²) in [6.45, 7) is 0.321. The molecule has 0 atom stereocenters. The molecule has 116 valence electrons. The number of amides is 2. The van der Waals surface area contributed by atoms with Crippen LogP contribution in [0.3, 0.4) is 0 Å². The van der Waals surface area contributed by atoms with Crippen LogP contribution in [0, 0.1) is 0 Å². The Hall–Kier alpha value is -2.09. The van der Waals surface area contributed by atoms with E-state index in [1.54, 1.807) is 18.2 Å². The molecule has 0 unspecified atom stereocenters. The van der Waals surface area contributed by atoms with Gasteiger partial charge in [-0.05, 0) is 42.0 Å². The van der Waals surface area contributed by atoms with E-state index in [4.69, 9.17) is 16.7 Å². The van der Waals surface area contributed by atoms with E-state index in [1.165, 1.54) is 24.3 Å². The maximum Gasteiger partial charge on any atom is 0.319 e. The van der Waals surface area contributed by atoms with Crippen molar-refractivity contribution in [3.05, 3.63) is 59.1 Å². The fraction of sp³-hybridized carbons (Fsp3) is 0.0714. The predicted molar refractivity (Wildman–Crippen MR) is 85.1 cm³/mol. The average molecular weight is 340 g/mol. The Kier molecular flexibility index (Phi) is 5.02. The van der Waals surface area contributed by atoms with E-state index in [1.807, 2.05) is 6.07 Å². The summed E-state index contributed by atoms with van der Waals surface area (Å²) in [6, 6.07) is 12.3. The van der Waals surface area contributed by atoms with Crippen molar-refractivity contribution >= 4 is 33.3 Å². The fourth-order valence-corrected chi connectivity index (χ4v) is 2.46. The first-order chi connectivity index (χ1) is 10.3. The number of hydrogen-bond donors (Lipinski definition) is 3. The zero-order valence-electron chi connectivity index (χ0n) is 11.4. The molecule has 0 fully saturated rings. The number of primary sulfonamides is 1. The minimum atomic E-state index is -3.74. The predicted octanol–water partition coefficient (Wildman–Crippen LogP) is 2.31. The third kappa shape index (κ3) is 4.73. The van der Waals surface area contributed by atoms with Gasteiger partial charge in [-0.2, -0.15) is 0 Å². The highest BCUT2D eigenvalue weighted by Crippen LogP contribution is 2.13. The molecule has 2 amide bonds. The number of rotatable bonds is 4. The van der Waals surface area contributed by atoms with Gasteiger partial charge in [0.25, 0.3) is 0 Å². The molecule has 0 aliphatic carbocycles. The number of benzene rings is 2. The number of anilines is 1. The molecule has 4 N–H and O–H groups in total. The van der Waals surface area contributed by atoms with E-state index in [2.05, 4.69) is 10.6 Å². The van der Waals surface area contributed by atoms with Crippen LogP contribution in [0.4, 0.5) is 10.5 Å². The number of halogens is 1. The molecule has 2 aromatic rings. The summed E-state index contributed by atoms with van der Waals surface area (Å²) in [4.78, 5) is 11.7.